The number of hydrogen-bond donors (Lipinski definition) is 0. The molecule has 204 valence electrons. The normalized spacial score (nSPS) is 22.4. The molecule has 3 rings (SSSR count). The summed E-state index contributed by atoms with van der Waals surface area (Å²) in [5.41, 5.74) is 2.68. The Kier molecular flexibility index (Phi) is 14.0. The van der Waals surface area contributed by atoms with E-state index in [-0.39, 0.29) is 5.82 Å². The van der Waals surface area contributed by atoms with E-state index < -0.39 is 0 Å². The lowest BCUT2D eigenvalue weighted by molar-refractivity contribution is 0.234. The first-order chi connectivity index (χ1) is 17.7. The lowest BCUT2D eigenvalue weighted by Crippen LogP contribution is -2.16. The van der Waals surface area contributed by atoms with Gasteiger partial charge in [0.25, 0.3) is 0 Å². The molecule has 36 heavy (non-hydrogen) atoms. The van der Waals surface area contributed by atoms with Crippen molar-refractivity contribution in [1.82, 2.24) is 0 Å². The first-order valence-electron chi connectivity index (χ1n) is 15.8. The number of aryl methyl sites for hydroxylation is 1. The van der Waals surface area contributed by atoms with E-state index in [9.17, 15) is 4.39 Å². The molecule has 1 nitrogen and oxygen atoms in total. The second-order valence-electron chi connectivity index (χ2n) is 12.0. The van der Waals surface area contributed by atoms with Crippen LogP contribution in [0.1, 0.15) is 141 Å². The second kappa shape index (κ2) is 17.2. The Hall–Kier alpha value is -1.31. The lowest BCUT2D eigenvalue weighted by Gasteiger charge is -2.30. The number of hydrogen-bond acceptors (Lipinski definition) is 1. The molecule has 1 aromatic rings. The van der Waals surface area contributed by atoms with Gasteiger partial charge in [0.1, 0.15) is 0 Å². The van der Waals surface area contributed by atoms with Crippen molar-refractivity contribution in [3.05, 3.63) is 41.2 Å². The Morgan fingerprint density at radius 3 is 2.11 bits per heavy atom. The molecular formula is C34H55FO. The van der Waals surface area contributed by atoms with Crippen molar-refractivity contribution in [2.45, 2.75) is 142 Å². The van der Waals surface area contributed by atoms with Crippen molar-refractivity contribution in [2.24, 2.45) is 17.8 Å². The molecule has 1 aromatic carbocycles. The van der Waals surface area contributed by atoms with Crippen molar-refractivity contribution < 1.29 is 9.13 Å². The Bertz CT molecular complexity index is 746. The molecule has 2 aliphatic carbocycles. The zero-order chi connectivity index (χ0) is 25.4. The van der Waals surface area contributed by atoms with Crippen LogP contribution in [0.2, 0.25) is 0 Å². The van der Waals surface area contributed by atoms with Gasteiger partial charge in [-0.15, -0.1) is 0 Å². The summed E-state index contributed by atoms with van der Waals surface area (Å²) in [6.45, 7) is 5.12. The van der Waals surface area contributed by atoms with Crippen LogP contribution in [0.5, 0.6) is 5.75 Å². The number of ether oxygens (including phenoxy) is 1. The fraction of sp³-hybridized carbons (Fsp3) is 0.765. The third-order valence-electron chi connectivity index (χ3n) is 9.02. The van der Waals surface area contributed by atoms with Crippen molar-refractivity contribution in [3.8, 4) is 5.75 Å². The van der Waals surface area contributed by atoms with Crippen LogP contribution in [-0.4, -0.2) is 6.61 Å². The molecule has 0 spiro atoms. The maximum absolute atomic E-state index is 14.4. The van der Waals surface area contributed by atoms with Crippen LogP contribution >= 0.6 is 0 Å². The number of rotatable bonds is 17. The highest BCUT2D eigenvalue weighted by molar-refractivity contribution is 5.30. The van der Waals surface area contributed by atoms with Gasteiger partial charge in [-0.3, -0.25) is 0 Å². The summed E-state index contributed by atoms with van der Waals surface area (Å²) < 4.78 is 20.1. The standard InChI is InChI=1S/C34H55FO/c1-3-5-7-9-11-28-12-14-29(15-13-28)16-17-30-18-20-31(21-19-30)22-23-32-24-25-34(33(35)27-32)36-26-10-8-6-4-2/h20,24-25,27-30H,3-19,21-23,26H2,1-2H3/t28-,29-,30?. The first-order valence-corrected chi connectivity index (χ1v) is 15.8. The zero-order valence-corrected chi connectivity index (χ0v) is 23.7. The summed E-state index contributed by atoms with van der Waals surface area (Å²) in [6, 6.07) is 5.57. The van der Waals surface area contributed by atoms with Crippen LogP contribution in [0.4, 0.5) is 4.39 Å². The van der Waals surface area contributed by atoms with E-state index in [1.165, 1.54) is 103 Å². The average Bonchev–Trinajstić information content (AvgIpc) is 2.91. The highest BCUT2D eigenvalue weighted by Crippen LogP contribution is 2.37. The molecule has 0 aliphatic heterocycles. The van der Waals surface area contributed by atoms with Crippen molar-refractivity contribution in [3.63, 3.8) is 0 Å². The van der Waals surface area contributed by atoms with Crippen molar-refractivity contribution >= 4 is 0 Å². The van der Waals surface area contributed by atoms with Crippen LogP contribution < -0.4 is 4.74 Å². The monoisotopic (exact) mass is 498 g/mol. The van der Waals surface area contributed by atoms with Gasteiger partial charge in [0.05, 0.1) is 6.61 Å². The third kappa shape index (κ3) is 11.0. The van der Waals surface area contributed by atoms with E-state index in [1.807, 2.05) is 6.07 Å². The molecular weight excluding hydrogens is 443 g/mol. The largest absolute Gasteiger partial charge is 0.491 e. The van der Waals surface area contributed by atoms with Gasteiger partial charge in [0.2, 0.25) is 0 Å². The minimum absolute atomic E-state index is 0.203. The third-order valence-corrected chi connectivity index (χ3v) is 9.02. The summed E-state index contributed by atoms with van der Waals surface area (Å²) in [5, 5.41) is 0. The Morgan fingerprint density at radius 2 is 1.44 bits per heavy atom. The van der Waals surface area contributed by atoms with Crippen LogP contribution in [0, 0.1) is 23.6 Å². The number of halogens is 1. The maximum atomic E-state index is 14.4. The Balaban J connectivity index is 1.28. The summed E-state index contributed by atoms with van der Waals surface area (Å²) >= 11 is 0. The van der Waals surface area contributed by atoms with Crippen molar-refractivity contribution in [2.75, 3.05) is 6.61 Å². The van der Waals surface area contributed by atoms with Crippen LogP contribution in [0.3, 0.4) is 0 Å². The van der Waals surface area contributed by atoms with Gasteiger partial charge in [0, 0.05) is 0 Å². The summed E-state index contributed by atoms with van der Waals surface area (Å²) in [6.07, 6.45) is 29.1. The zero-order valence-electron chi connectivity index (χ0n) is 23.7. The van der Waals surface area contributed by atoms with Crippen LogP contribution in [-0.2, 0) is 6.42 Å². The van der Waals surface area contributed by atoms with Crippen LogP contribution in [0.15, 0.2) is 29.8 Å². The van der Waals surface area contributed by atoms with Gasteiger partial charge in [-0.1, -0.05) is 115 Å². The van der Waals surface area contributed by atoms with Gasteiger partial charge in [-0.25, -0.2) is 4.39 Å². The minimum atomic E-state index is -0.203. The molecule has 0 aromatic heterocycles. The summed E-state index contributed by atoms with van der Waals surface area (Å²) in [4.78, 5) is 0. The molecule has 2 heteroatoms. The fourth-order valence-electron chi connectivity index (χ4n) is 6.40. The van der Waals surface area contributed by atoms with E-state index >= 15 is 0 Å². The molecule has 0 saturated heterocycles. The molecule has 0 radical (unpaired) electrons. The Labute approximate surface area is 222 Å². The predicted octanol–water partition coefficient (Wildman–Crippen LogP) is 11.0. The smallest absolute Gasteiger partial charge is 0.165 e. The lowest BCUT2D eigenvalue weighted by atomic mass is 9.76. The number of benzene rings is 1. The SMILES string of the molecule is CCCCCCOc1ccc(CCC2=CCC(CC[C@H]3CC[C@H](CCCCCC)CC3)CC2)cc1F. The van der Waals surface area contributed by atoms with E-state index in [4.69, 9.17) is 4.74 Å². The second-order valence-corrected chi connectivity index (χ2v) is 12.0. The molecule has 0 N–H and O–H groups in total. The number of allylic oxidation sites excluding steroid dienone is 2. The molecule has 0 heterocycles. The fourth-order valence-corrected chi connectivity index (χ4v) is 6.40. The molecule has 1 atom stereocenters. The maximum Gasteiger partial charge on any atom is 0.165 e. The molecule has 1 unspecified atom stereocenters. The van der Waals surface area contributed by atoms with E-state index in [2.05, 4.69) is 26.0 Å². The van der Waals surface area contributed by atoms with E-state index in [1.54, 1.807) is 11.6 Å². The average molecular weight is 499 g/mol. The van der Waals surface area contributed by atoms with Gasteiger partial charge >= 0.3 is 0 Å². The van der Waals surface area contributed by atoms with Gasteiger partial charge in [0.15, 0.2) is 11.6 Å². The molecule has 0 amide bonds. The molecule has 2 aliphatic rings. The van der Waals surface area contributed by atoms with Gasteiger partial charge in [-0.2, -0.15) is 0 Å². The van der Waals surface area contributed by atoms with E-state index in [0.717, 1.165) is 49.0 Å². The highest BCUT2D eigenvalue weighted by Gasteiger charge is 2.22. The molecule has 1 fully saturated rings. The van der Waals surface area contributed by atoms with Crippen LogP contribution in [0.25, 0.3) is 0 Å². The first kappa shape index (κ1) is 29.2. The van der Waals surface area contributed by atoms with Gasteiger partial charge in [-0.05, 0) is 80.4 Å². The van der Waals surface area contributed by atoms with Gasteiger partial charge < -0.3 is 4.74 Å². The Morgan fingerprint density at radius 1 is 0.750 bits per heavy atom. The predicted molar refractivity (Wildman–Crippen MR) is 153 cm³/mol. The minimum Gasteiger partial charge on any atom is -0.491 e. The topological polar surface area (TPSA) is 9.23 Å². The molecule has 1 saturated carbocycles. The summed E-state index contributed by atoms with van der Waals surface area (Å²) in [7, 11) is 0. The number of unbranched alkanes of at least 4 members (excludes halogenated alkanes) is 6. The summed E-state index contributed by atoms with van der Waals surface area (Å²) in [5.74, 6) is 3.14. The van der Waals surface area contributed by atoms with E-state index in [0.29, 0.717) is 12.4 Å². The molecule has 0 bridgehead atoms. The quantitative estimate of drug-likeness (QED) is 0.153. The highest BCUT2D eigenvalue weighted by atomic mass is 19.1. The van der Waals surface area contributed by atoms with Crippen molar-refractivity contribution in [1.29, 1.82) is 0 Å².